The van der Waals surface area contributed by atoms with Crippen LogP contribution >= 0.6 is 11.8 Å². The lowest BCUT2D eigenvalue weighted by Crippen LogP contribution is -2.30. The number of benzene rings is 1. The van der Waals surface area contributed by atoms with Crippen molar-refractivity contribution in [1.29, 1.82) is 0 Å². The fourth-order valence-electron chi connectivity index (χ4n) is 1.63. The van der Waals surface area contributed by atoms with Gasteiger partial charge in [-0.25, -0.2) is 8.78 Å². The van der Waals surface area contributed by atoms with Gasteiger partial charge in [0.25, 0.3) is 0 Å². The molecule has 100 valence electrons. The van der Waals surface area contributed by atoms with Gasteiger partial charge in [-0.05, 0) is 24.3 Å². The number of pyridine rings is 1. The second-order valence-corrected chi connectivity index (χ2v) is 4.98. The van der Waals surface area contributed by atoms with Crippen molar-refractivity contribution in [1.82, 2.24) is 10.4 Å². The summed E-state index contributed by atoms with van der Waals surface area (Å²) in [5.74, 6) is 5.22. The van der Waals surface area contributed by atoms with Crippen molar-refractivity contribution in [3.05, 3.63) is 59.9 Å². The molecule has 0 amide bonds. The van der Waals surface area contributed by atoms with E-state index in [4.69, 9.17) is 5.84 Å². The van der Waals surface area contributed by atoms with E-state index in [0.717, 1.165) is 11.1 Å². The van der Waals surface area contributed by atoms with Crippen molar-refractivity contribution in [2.45, 2.75) is 10.9 Å². The number of rotatable bonds is 5. The molecule has 3 N–H and O–H groups in total. The zero-order valence-corrected chi connectivity index (χ0v) is 10.8. The summed E-state index contributed by atoms with van der Waals surface area (Å²) < 4.78 is 26.6. The maximum Gasteiger partial charge on any atom is 0.146 e. The fraction of sp³-hybridized carbons (Fsp3) is 0.154. The van der Waals surface area contributed by atoms with Gasteiger partial charge in [-0.3, -0.25) is 16.3 Å². The first-order valence-electron chi connectivity index (χ1n) is 5.64. The Morgan fingerprint density at radius 3 is 2.84 bits per heavy atom. The molecular weight excluding hydrogens is 268 g/mol. The minimum absolute atomic E-state index is 0.294. The minimum Gasteiger partial charge on any atom is -0.271 e. The summed E-state index contributed by atoms with van der Waals surface area (Å²) >= 11 is 1.40. The third kappa shape index (κ3) is 3.73. The first-order chi connectivity index (χ1) is 9.20. The zero-order valence-electron chi connectivity index (χ0n) is 10.0. The Labute approximate surface area is 114 Å². The Morgan fingerprint density at radius 2 is 2.16 bits per heavy atom. The molecule has 1 aromatic carbocycles. The molecule has 0 radical (unpaired) electrons. The van der Waals surface area contributed by atoms with Crippen molar-refractivity contribution >= 4 is 11.8 Å². The van der Waals surface area contributed by atoms with Crippen LogP contribution in [0.3, 0.4) is 0 Å². The van der Waals surface area contributed by atoms with Crippen LogP contribution in [0.4, 0.5) is 8.78 Å². The van der Waals surface area contributed by atoms with Crippen molar-refractivity contribution in [3.8, 4) is 0 Å². The Kier molecular flexibility index (Phi) is 4.84. The van der Waals surface area contributed by atoms with E-state index in [9.17, 15) is 8.78 Å². The van der Waals surface area contributed by atoms with Gasteiger partial charge in [0.2, 0.25) is 0 Å². The summed E-state index contributed by atoms with van der Waals surface area (Å²) in [5, 5.41) is 0. The van der Waals surface area contributed by atoms with E-state index in [-0.39, 0.29) is 11.9 Å². The third-order valence-corrected chi connectivity index (χ3v) is 3.68. The van der Waals surface area contributed by atoms with Gasteiger partial charge in [0.15, 0.2) is 0 Å². The molecule has 1 unspecified atom stereocenters. The third-order valence-electron chi connectivity index (χ3n) is 2.59. The highest BCUT2D eigenvalue weighted by Crippen LogP contribution is 2.25. The molecule has 2 aromatic rings. The molecule has 1 aromatic heterocycles. The Hall–Kier alpha value is -1.50. The van der Waals surface area contributed by atoms with Gasteiger partial charge in [-0.1, -0.05) is 6.07 Å². The molecule has 0 spiro atoms. The zero-order chi connectivity index (χ0) is 13.7. The van der Waals surface area contributed by atoms with Crippen LogP contribution in [0.25, 0.3) is 0 Å². The van der Waals surface area contributed by atoms with Gasteiger partial charge >= 0.3 is 0 Å². The van der Waals surface area contributed by atoms with E-state index >= 15 is 0 Å². The predicted octanol–water partition coefficient (Wildman–Crippen LogP) is 2.66. The number of nitrogens with zero attached hydrogens (tertiary/aromatic N) is 1. The van der Waals surface area contributed by atoms with Crippen LogP contribution in [0.5, 0.6) is 0 Å². The molecule has 0 saturated heterocycles. The van der Waals surface area contributed by atoms with Crippen LogP contribution in [0.15, 0.2) is 47.6 Å². The topological polar surface area (TPSA) is 50.9 Å². The monoisotopic (exact) mass is 281 g/mol. The van der Waals surface area contributed by atoms with Crippen LogP contribution in [0.1, 0.15) is 11.6 Å². The molecule has 0 fully saturated rings. The van der Waals surface area contributed by atoms with E-state index in [2.05, 4.69) is 10.4 Å². The van der Waals surface area contributed by atoms with E-state index in [1.54, 1.807) is 18.2 Å². The summed E-state index contributed by atoms with van der Waals surface area (Å²) in [7, 11) is 0. The highest BCUT2D eigenvalue weighted by atomic mass is 32.2. The molecule has 0 bridgehead atoms. The summed E-state index contributed by atoms with van der Waals surface area (Å²) in [6.45, 7) is 0. The van der Waals surface area contributed by atoms with E-state index in [0.29, 0.717) is 11.3 Å². The normalized spacial score (nSPS) is 12.4. The van der Waals surface area contributed by atoms with Crippen molar-refractivity contribution in [3.63, 3.8) is 0 Å². The van der Waals surface area contributed by atoms with E-state index in [1.807, 2.05) is 0 Å². The Bertz CT molecular complexity index is 551. The second kappa shape index (κ2) is 6.60. The molecule has 2 rings (SSSR count). The number of nitrogens with one attached hydrogen (secondary N) is 1. The minimum atomic E-state index is -0.412. The summed E-state index contributed by atoms with van der Waals surface area (Å²) in [6, 6.07) is 7.45. The summed E-state index contributed by atoms with van der Waals surface area (Å²) in [4.78, 5) is 4.46. The lowest BCUT2D eigenvalue weighted by Gasteiger charge is -2.16. The average molecular weight is 281 g/mol. The Balaban J connectivity index is 2.06. The van der Waals surface area contributed by atoms with Crippen molar-refractivity contribution in [2.75, 3.05) is 5.75 Å². The summed E-state index contributed by atoms with van der Waals surface area (Å²) in [6.07, 6.45) is 2.65. The Morgan fingerprint density at radius 1 is 1.32 bits per heavy atom. The van der Waals surface area contributed by atoms with Gasteiger partial charge in [-0.15, -0.1) is 11.8 Å². The van der Waals surface area contributed by atoms with Crippen LogP contribution in [0, 0.1) is 11.6 Å². The number of halogens is 2. The first kappa shape index (κ1) is 13.9. The van der Waals surface area contributed by atoms with Gasteiger partial charge in [0, 0.05) is 22.4 Å². The van der Waals surface area contributed by atoms with Crippen LogP contribution in [-0.2, 0) is 0 Å². The molecular formula is C13H13F2N3S. The number of aromatic nitrogens is 1. The second-order valence-electron chi connectivity index (χ2n) is 3.88. The average Bonchev–Trinajstić information content (AvgIpc) is 2.41. The standard InChI is InChI=1S/C13H13F2N3S/c14-9-2-1-3-10(6-9)19-8-13(18-16)11-4-5-17-7-12(11)15/h1-7,13,18H,8,16H2. The van der Waals surface area contributed by atoms with Crippen molar-refractivity contribution in [2.24, 2.45) is 5.84 Å². The van der Waals surface area contributed by atoms with E-state index in [1.165, 1.54) is 30.1 Å². The number of hydrazine groups is 1. The van der Waals surface area contributed by atoms with Gasteiger partial charge in [-0.2, -0.15) is 0 Å². The SMILES string of the molecule is NNC(CSc1cccc(F)c1)c1ccncc1F. The number of hydrogen-bond donors (Lipinski definition) is 2. The fourth-order valence-corrected chi connectivity index (χ4v) is 2.64. The molecule has 1 heterocycles. The highest BCUT2D eigenvalue weighted by molar-refractivity contribution is 7.99. The molecule has 3 nitrogen and oxygen atoms in total. The maximum absolute atomic E-state index is 13.6. The number of nitrogens with two attached hydrogens (primary N) is 1. The van der Waals surface area contributed by atoms with Crippen LogP contribution in [-0.4, -0.2) is 10.7 Å². The lowest BCUT2D eigenvalue weighted by atomic mass is 10.1. The van der Waals surface area contributed by atoms with Crippen molar-refractivity contribution < 1.29 is 8.78 Å². The highest BCUT2D eigenvalue weighted by Gasteiger charge is 2.14. The first-order valence-corrected chi connectivity index (χ1v) is 6.63. The van der Waals surface area contributed by atoms with Gasteiger partial charge in [0.05, 0.1) is 12.2 Å². The predicted molar refractivity (Wildman–Crippen MR) is 71.4 cm³/mol. The van der Waals surface area contributed by atoms with E-state index < -0.39 is 5.82 Å². The molecule has 1 atom stereocenters. The lowest BCUT2D eigenvalue weighted by molar-refractivity contribution is 0.542. The maximum atomic E-state index is 13.6. The molecule has 19 heavy (non-hydrogen) atoms. The quantitative estimate of drug-likeness (QED) is 0.502. The summed E-state index contributed by atoms with van der Waals surface area (Å²) in [5.41, 5.74) is 3.01. The molecule has 0 aliphatic carbocycles. The largest absolute Gasteiger partial charge is 0.271 e. The molecule has 0 aliphatic rings. The number of thioether (sulfide) groups is 1. The smallest absolute Gasteiger partial charge is 0.146 e. The molecule has 0 aliphatic heterocycles. The van der Waals surface area contributed by atoms with Gasteiger partial charge in [0.1, 0.15) is 11.6 Å². The van der Waals surface area contributed by atoms with Crippen LogP contribution < -0.4 is 11.3 Å². The molecule has 6 heteroatoms. The van der Waals surface area contributed by atoms with Crippen LogP contribution in [0.2, 0.25) is 0 Å². The van der Waals surface area contributed by atoms with Gasteiger partial charge < -0.3 is 0 Å². The molecule has 0 saturated carbocycles. The number of hydrogen-bond acceptors (Lipinski definition) is 4.